The molecule has 0 bridgehead atoms. The second kappa shape index (κ2) is 6.65. The zero-order valence-electron chi connectivity index (χ0n) is 11.3. The van der Waals surface area contributed by atoms with E-state index in [4.69, 9.17) is 5.73 Å². The number of nitrogens with two attached hydrogens (primary N) is 1. The molecule has 1 amide bonds. The largest absolute Gasteiger partial charge is 0.397 e. The minimum Gasteiger partial charge on any atom is -0.397 e. The van der Waals surface area contributed by atoms with E-state index in [0.717, 1.165) is 6.07 Å². The van der Waals surface area contributed by atoms with Crippen molar-refractivity contribution in [3.63, 3.8) is 0 Å². The van der Waals surface area contributed by atoms with Gasteiger partial charge in [0.05, 0.1) is 11.4 Å². The van der Waals surface area contributed by atoms with Crippen molar-refractivity contribution in [2.75, 3.05) is 16.8 Å². The summed E-state index contributed by atoms with van der Waals surface area (Å²) in [7, 11) is -1.24. The fraction of sp³-hybridized carbons (Fsp3) is 0.462. The van der Waals surface area contributed by atoms with E-state index in [-0.39, 0.29) is 17.5 Å². The lowest BCUT2D eigenvalue weighted by atomic mass is 10.2. The number of carbonyl (C=O) groups excluding carboxylic acids is 1. The van der Waals surface area contributed by atoms with Gasteiger partial charge in [0.25, 0.3) is 0 Å². The third kappa shape index (κ3) is 4.63. The molecule has 2 unspecified atom stereocenters. The number of carbonyl (C=O) groups is 1. The smallest absolute Gasteiger partial charge is 0.239 e. The van der Waals surface area contributed by atoms with Gasteiger partial charge >= 0.3 is 0 Å². The van der Waals surface area contributed by atoms with Crippen molar-refractivity contribution in [3.05, 3.63) is 24.0 Å². The van der Waals surface area contributed by atoms with Gasteiger partial charge in [-0.1, -0.05) is 13.8 Å². The fourth-order valence-electron chi connectivity index (χ4n) is 1.47. The summed E-state index contributed by atoms with van der Waals surface area (Å²) in [6.45, 7) is 5.49. The van der Waals surface area contributed by atoms with Crippen molar-refractivity contribution >= 4 is 28.1 Å². The molecule has 2 atom stereocenters. The van der Waals surface area contributed by atoms with Crippen LogP contribution < -0.4 is 11.1 Å². The van der Waals surface area contributed by atoms with Crippen molar-refractivity contribution in [1.82, 2.24) is 0 Å². The second-order valence-electron chi connectivity index (χ2n) is 4.80. The fourth-order valence-corrected chi connectivity index (χ4v) is 2.72. The molecule has 0 aliphatic rings. The van der Waals surface area contributed by atoms with Gasteiger partial charge in [0.1, 0.15) is 11.1 Å². The maximum atomic E-state index is 12.9. The molecule has 4 nitrogen and oxygen atoms in total. The van der Waals surface area contributed by atoms with Crippen LogP contribution in [0.3, 0.4) is 0 Å². The average Bonchev–Trinajstić information content (AvgIpc) is 2.30. The number of hydrogen-bond donors (Lipinski definition) is 2. The molecule has 1 rings (SSSR count). The molecule has 0 aromatic heterocycles. The van der Waals surface area contributed by atoms with Gasteiger partial charge in [-0.25, -0.2) is 4.39 Å². The Labute approximate surface area is 115 Å². The third-order valence-electron chi connectivity index (χ3n) is 2.53. The van der Waals surface area contributed by atoms with Gasteiger partial charge in [0, 0.05) is 16.6 Å². The molecule has 0 saturated carbocycles. The molecule has 19 heavy (non-hydrogen) atoms. The van der Waals surface area contributed by atoms with Crippen LogP contribution >= 0.6 is 0 Å². The van der Waals surface area contributed by atoms with Gasteiger partial charge in [-0.3, -0.25) is 9.00 Å². The van der Waals surface area contributed by atoms with Crippen molar-refractivity contribution < 1.29 is 13.4 Å². The summed E-state index contributed by atoms with van der Waals surface area (Å²) >= 11 is 0. The van der Waals surface area contributed by atoms with Gasteiger partial charge in [0.2, 0.25) is 5.91 Å². The van der Waals surface area contributed by atoms with Crippen molar-refractivity contribution in [1.29, 1.82) is 0 Å². The number of hydrogen-bond acceptors (Lipinski definition) is 3. The Morgan fingerprint density at radius 2 is 2.05 bits per heavy atom. The van der Waals surface area contributed by atoms with Crippen LogP contribution in [0.2, 0.25) is 0 Å². The highest BCUT2D eigenvalue weighted by Crippen LogP contribution is 2.19. The summed E-state index contributed by atoms with van der Waals surface area (Å²) in [5.74, 6) is -0.121. The summed E-state index contributed by atoms with van der Waals surface area (Å²) in [6, 6.07) is 3.73. The van der Waals surface area contributed by atoms with Gasteiger partial charge in [-0.15, -0.1) is 0 Å². The molecule has 1 aromatic rings. The highest BCUT2D eigenvalue weighted by molar-refractivity contribution is 7.86. The quantitative estimate of drug-likeness (QED) is 0.815. The number of rotatable bonds is 5. The lowest BCUT2D eigenvalue weighted by Crippen LogP contribution is -2.31. The summed E-state index contributed by atoms with van der Waals surface area (Å²) < 4.78 is 24.8. The molecule has 0 spiro atoms. The van der Waals surface area contributed by atoms with Crippen LogP contribution in [0.15, 0.2) is 18.2 Å². The molecule has 0 heterocycles. The van der Waals surface area contributed by atoms with Gasteiger partial charge in [0.15, 0.2) is 0 Å². The first kappa shape index (κ1) is 15.6. The van der Waals surface area contributed by atoms with E-state index in [9.17, 15) is 13.4 Å². The first-order valence-corrected chi connectivity index (χ1v) is 7.42. The molecule has 0 aliphatic carbocycles. The molecule has 3 N–H and O–H groups in total. The van der Waals surface area contributed by atoms with Crippen LogP contribution in [0.4, 0.5) is 15.8 Å². The zero-order chi connectivity index (χ0) is 14.6. The standard InChI is InChI=1S/C13H19FN2O2S/c1-8(2)7-19(18)9(3)13(17)16-12-5-4-10(14)6-11(12)15/h4-6,8-9H,7,15H2,1-3H3,(H,16,17). The lowest BCUT2D eigenvalue weighted by Gasteiger charge is -2.14. The normalized spacial score (nSPS) is 14.2. The predicted molar refractivity (Wildman–Crippen MR) is 76.8 cm³/mol. The Kier molecular flexibility index (Phi) is 5.47. The number of amides is 1. The molecule has 0 saturated heterocycles. The maximum absolute atomic E-state index is 12.9. The molecule has 0 fully saturated rings. The van der Waals surface area contributed by atoms with Crippen LogP contribution in [-0.4, -0.2) is 21.1 Å². The topological polar surface area (TPSA) is 72.2 Å². The Bertz CT molecular complexity index is 492. The third-order valence-corrected chi connectivity index (χ3v) is 4.53. The number of benzene rings is 1. The lowest BCUT2D eigenvalue weighted by molar-refractivity contribution is -0.115. The van der Waals surface area contributed by atoms with Crippen LogP contribution in [-0.2, 0) is 15.6 Å². The highest BCUT2D eigenvalue weighted by atomic mass is 32.2. The van der Waals surface area contributed by atoms with Gasteiger partial charge in [-0.05, 0) is 31.0 Å². The van der Waals surface area contributed by atoms with Crippen molar-refractivity contribution in [3.8, 4) is 0 Å². The monoisotopic (exact) mass is 286 g/mol. The molecular formula is C13H19FN2O2S. The number of nitrogen functional groups attached to an aromatic ring is 1. The minimum atomic E-state index is -1.24. The summed E-state index contributed by atoms with van der Waals surface area (Å²) in [6.07, 6.45) is 0. The second-order valence-corrected chi connectivity index (χ2v) is 6.61. The number of anilines is 2. The van der Waals surface area contributed by atoms with E-state index in [2.05, 4.69) is 5.32 Å². The molecule has 0 aliphatic heterocycles. The molecule has 1 aromatic carbocycles. The highest BCUT2D eigenvalue weighted by Gasteiger charge is 2.21. The van der Waals surface area contributed by atoms with E-state index in [1.807, 2.05) is 13.8 Å². The van der Waals surface area contributed by atoms with E-state index < -0.39 is 21.9 Å². The SMILES string of the molecule is CC(C)CS(=O)C(C)C(=O)Nc1ccc(F)cc1N. The zero-order valence-corrected chi connectivity index (χ0v) is 12.1. The summed E-state index contributed by atoms with van der Waals surface area (Å²) in [5.41, 5.74) is 6.08. The van der Waals surface area contributed by atoms with Crippen molar-refractivity contribution in [2.45, 2.75) is 26.0 Å². The van der Waals surface area contributed by atoms with Crippen LogP contribution in [0.5, 0.6) is 0 Å². The maximum Gasteiger partial charge on any atom is 0.239 e. The van der Waals surface area contributed by atoms with Gasteiger partial charge < -0.3 is 11.1 Å². The number of halogens is 1. The van der Waals surface area contributed by atoms with Crippen LogP contribution in [0.25, 0.3) is 0 Å². The van der Waals surface area contributed by atoms with Crippen LogP contribution in [0, 0.1) is 11.7 Å². The summed E-state index contributed by atoms with van der Waals surface area (Å²) in [4.78, 5) is 11.9. The molecule has 106 valence electrons. The minimum absolute atomic E-state index is 0.148. The average molecular weight is 286 g/mol. The Morgan fingerprint density at radius 1 is 1.42 bits per heavy atom. The van der Waals surface area contributed by atoms with E-state index in [1.165, 1.54) is 12.1 Å². The molecule has 0 radical (unpaired) electrons. The van der Waals surface area contributed by atoms with Crippen LogP contribution in [0.1, 0.15) is 20.8 Å². The summed E-state index contributed by atoms with van der Waals surface area (Å²) in [5, 5.41) is 1.94. The number of nitrogens with one attached hydrogen (secondary N) is 1. The Hall–Kier alpha value is -1.43. The van der Waals surface area contributed by atoms with Gasteiger partial charge in [-0.2, -0.15) is 0 Å². The Balaban J connectivity index is 2.71. The molecular weight excluding hydrogens is 267 g/mol. The predicted octanol–water partition coefficient (Wildman–Crippen LogP) is 2.14. The van der Waals surface area contributed by atoms with Crippen molar-refractivity contribution in [2.24, 2.45) is 5.92 Å². The van der Waals surface area contributed by atoms with E-state index in [0.29, 0.717) is 11.4 Å². The van der Waals surface area contributed by atoms with E-state index >= 15 is 0 Å². The van der Waals surface area contributed by atoms with E-state index in [1.54, 1.807) is 6.92 Å². The first-order valence-electron chi connectivity index (χ1n) is 6.04. The molecule has 6 heteroatoms. The Morgan fingerprint density at radius 3 is 2.58 bits per heavy atom. The first-order chi connectivity index (χ1) is 8.81.